The molecule has 1 aromatic rings. The van der Waals surface area contributed by atoms with Crippen molar-refractivity contribution < 1.29 is 4.39 Å². The third-order valence-corrected chi connectivity index (χ3v) is 1.31. The van der Waals surface area contributed by atoms with Crippen LogP contribution in [-0.4, -0.2) is 10.2 Å². The topological polar surface area (TPSA) is 48.8 Å². The van der Waals surface area contributed by atoms with Gasteiger partial charge in [-0.2, -0.15) is 0 Å². The SMILES string of the molecule is N=C(Cl)/C=C\Nc1cncc(F)c1. The molecule has 13 heavy (non-hydrogen) atoms. The number of hydrogen-bond acceptors (Lipinski definition) is 3. The molecule has 0 unspecified atom stereocenters. The maximum atomic E-state index is 12.6. The molecule has 0 fully saturated rings. The predicted octanol–water partition coefficient (Wildman–Crippen LogP) is 2.36. The van der Waals surface area contributed by atoms with E-state index in [-0.39, 0.29) is 5.17 Å². The lowest BCUT2D eigenvalue weighted by molar-refractivity contribution is 0.622. The van der Waals surface area contributed by atoms with Crippen molar-refractivity contribution in [2.75, 3.05) is 5.32 Å². The minimum absolute atomic E-state index is 0.100. The molecule has 0 saturated heterocycles. The number of rotatable bonds is 3. The van der Waals surface area contributed by atoms with Crippen molar-refractivity contribution >= 4 is 22.5 Å². The van der Waals surface area contributed by atoms with Crippen LogP contribution in [0.1, 0.15) is 0 Å². The molecule has 2 N–H and O–H groups in total. The fourth-order valence-electron chi connectivity index (χ4n) is 0.702. The maximum Gasteiger partial charge on any atom is 0.143 e. The summed E-state index contributed by atoms with van der Waals surface area (Å²) in [6.45, 7) is 0. The molecule has 0 bridgehead atoms. The second kappa shape index (κ2) is 4.57. The molecule has 68 valence electrons. The first-order valence-corrected chi connectivity index (χ1v) is 3.84. The minimum Gasteiger partial charge on any atom is -0.360 e. The molecule has 1 aromatic heterocycles. The van der Waals surface area contributed by atoms with Gasteiger partial charge in [0.2, 0.25) is 0 Å². The van der Waals surface area contributed by atoms with E-state index < -0.39 is 5.82 Å². The summed E-state index contributed by atoms with van der Waals surface area (Å²) in [5, 5.41) is 9.46. The Hall–Kier alpha value is -1.42. The van der Waals surface area contributed by atoms with Gasteiger partial charge in [-0.05, 0) is 6.08 Å². The molecule has 0 radical (unpaired) electrons. The van der Waals surface area contributed by atoms with Crippen LogP contribution in [0.25, 0.3) is 0 Å². The third kappa shape index (κ3) is 3.66. The summed E-state index contributed by atoms with van der Waals surface area (Å²) in [6.07, 6.45) is 5.35. The average molecular weight is 200 g/mol. The zero-order valence-electron chi connectivity index (χ0n) is 6.59. The van der Waals surface area contributed by atoms with E-state index in [4.69, 9.17) is 17.0 Å². The molecule has 1 rings (SSSR count). The van der Waals surface area contributed by atoms with Crippen molar-refractivity contribution in [1.29, 1.82) is 5.41 Å². The summed E-state index contributed by atoms with van der Waals surface area (Å²) >= 11 is 5.24. The van der Waals surface area contributed by atoms with Crippen molar-refractivity contribution in [1.82, 2.24) is 4.98 Å². The molecule has 5 heteroatoms. The summed E-state index contributed by atoms with van der Waals surface area (Å²) in [6, 6.07) is 1.29. The highest BCUT2D eigenvalue weighted by atomic mass is 35.5. The van der Waals surface area contributed by atoms with Crippen LogP contribution in [0.3, 0.4) is 0 Å². The predicted molar refractivity (Wildman–Crippen MR) is 50.5 cm³/mol. The number of aromatic nitrogens is 1. The number of allylic oxidation sites excluding steroid dienone is 1. The van der Waals surface area contributed by atoms with E-state index in [0.717, 1.165) is 6.20 Å². The number of anilines is 1. The van der Waals surface area contributed by atoms with Crippen LogP contribution >= 0.6 is 11.6 Å². The lowest BCUT2D eigenvalue weighted by Crippen LogP contribution is -1.90. The van der Waals surface area contributed by atoms with Gasteiger partial charge in [0, 0.05) is 12.3 Å². The summed E-state index contributed by atoms with van der Waals surface area (Å²) in [4.78, 5) is 3.62. The summed E-state index contributed by atoms with van der Waals surface area (Å²) in [7, 11) is 0. The normalized spacial score (nSPS) is 10.3. The van der Waals surface area contributed by atoms with Gasteiger partial charge in [0.05, 0.1) is 18.1 Å². The molecule has 0 aliphatic rings. The van der Waals surface area contributed by atoms with Crippen LogP contribution in [0.5, 0.6) is 0 Å². The molecule has 1 heterocycles. The lowest BCUT2D eigenvalue weighted by atomic mass is 10.4. The second-order valence-corrected chi connectivity index (χ2v) is 2.62. The summed E-state index contributed by atoms with van der Waals surface area (Å²) in [5.41, 5.74) is 0.508. The van der Waals surface area contributed by atoms with Crippen LogP contribution in [-0.2, 0) is 0 Å². The van der Waals surface area contributed by atoms with Crippen molar-refractivity contribution in [2.24, 2.45) is 0 Å². The quantitative estimate of drug-likeness (QED) is 0.735. The lowest BCUT2D eigenvalue weighted by Gasteiger charge is -1.98. The molecule has 0 spiro atoms. The van der Waals surface area contributed by atoms with E-state index in [1.807, 2.05) is 0 Å². The molecule has 0 saturated carbocycles. The molecule has 0 atom stereocenters. The van der Waals surface area contributed by atoms with Crippen LogP contribution in [0.15, 0.2) is 30.7 Å². The van der Waals surface area contributed by atoms with Crippen molar-refractivity contribution in [2.45, 2.75) is 0 Å². The Balaban J connectivity index is 2.59. The maximum absolute atomic E-state index is 12.6. The van der Waals surface area contributed by atoms with Gasteiger partial charge in [-0.3, -0.25) is 10.4 Å². The zero-order valence-corrected chi connectivity index (χ0v) is 7.35. The van der Waals surface area contributed by atoms with Gasteiger partial charge in [0.25, 0.3) is 0 Å². The second-order valence-electron chi connectivity index (χ2n) is 2.22. The van der Waals surface area contributed by atoms with Crippen LogP contribution in [0, 0.1) is 11.2 Å². The molecule has 0 amide bonds. The minimum atomic E-state index is -0.417. The van der Waals surface area contributed by atoms with Gasteiger partial charge in [-0.15, -0.1) is 0 Å². The van der Waals surface area contributed by atoms with Crippen LogP contribution in [0.2, 0.25) is 0 Å². The van der Waals surface area contributed by atoms with E-state index in [1.165, 1.54) is 24.5 Å². The Labute approximate surface area is 79.8 Å². The summed E-state index contributed by atoms with van der Waals surface area (Å²) in [5.74, 6) is -0.417. The highest BCUT2D eigenvalue weighted by Gasteiger charge is 1.91. The highest BCUT2D eigenvalue weighted by Crippen LogP contribution is 2.06. The Bertz CT molecular complexity index is 338. The third-order valence-electron chi connectivity index (χ3n) is 1.18. The molecule has 3 nitrogen and oxygen atoms in total. The zero-order chi connectivity index (χ0) is 9.68. The smallest absolute Gasteiger partial charge is 0.143 e. The van der Waals surface area contributed by atoms with Crippen molar-refractivity contribution in [3.05, 3.63) is 36.6 Å². The first-order valence-electron chi connectivity index (χ1n) is 3.46. The van der Waals surface area contributed by atoms with Crippen LogP contribution in [0.4, 0.5) is 10.1 Å². The number of nitrogens with zero attached hydrogens (tertiary/aromatic N) is 1. The first kappa shape index (κ1) is 9.67. The highest BCUT2D eigenvalue weighted by molar-refractivity contribution is 6.67. The van der Waals surface area contributed by atoms with Crippen molar-refractivity contribution in [3.63, 3.8) is 0 Å². The fourth-order valence-corrected chi connectivity index (χ4v) is 0.765. The molecular weight excluding hydrogens is 193 g/mol. The summed E-state index contributed by atoms with van der Waals surface area (Å²) < 4.78 is 12.6. The van der Waals surface area contributed by atoms with E-state index in [0.29, 0.717) is 5.69 Å². The van der Waals surface area contributed by atoms with Crippen LogP contribution < -0.4 is 5.32 Å². The van der Waals surface area contributed by atoms with Gasteiger partial charge in [0.1, 0.15) is 11.0 Å². The first-order chi connectivity index (χ1) is 6.18. The van der Waals surface area contributed by atoms with Gasteiger partial charge >= 0.3 is 0 Å². The largest absolute Gasteiger partial charge is 0.360 e. The van der Waals surface area contributed by atoms with Gasteiger partial charge in [-0.25, -0.2) is 4.39 Å². The van der Waals surface area contributed by atoms with Gasteiger partial charge in [0.15, 0.2) is 0 Å². The van der Waals surface area contributed by atoms with E-state index >= 15 is 0 Å². The Kier molecular flexibility index (Phi) is 3.40. The monoisotopic (exact) mass is 199 g/mol. The number of pyridine rings is 1. The average Bonchev–Trinajstić information content (AvgIpc) is 2.03. The van der Waals surface area contributed by atoms with E-state index in [9.17, 15) is 4.39 Å². The van der Waals surface area contributed by atoms with E-state index in [1.54, 1.807) is 0 Å². The molecule has 0 aliphatic heterocycles. The number of hydrogen-bond donors (Lipinski definition) is 2. The van der Waals surface area contributed by atoms with Gasteiger partial charge < -0.3 is 5.32 Å². The Morgan fingerprint density at radius 3 is 3.00 bits per heavy atom. The Morgan fingerprint density at radius 2 is 2.38 bits per heavy atom. The number of halogens is 2. The van der Waals surface area contributed by atoms with Crippen molar-refractivity contribution in [3.8, 4) is 0 Å². The molecular formula is C8H7ClFN3. The number of nitrogens with one attached hydrogen (secondary N) is 2. The fraction of sp³-hybridized carbons (Fsp3) is 0. The standard InChI is InChI=1S/C8H7ClFN3/c9-8(11)1-2-13-7-3-6(10)4-12-5-7/h1-5,11,13H/b2-1-,11-8?. The Morgan fingerprint density at radius 1 is 1.62 bits per heavy atom. The van der Waals surface area contributed by atoms with E-state index in [2.05, 4.69) is 10.3 Å². The molecule has 0 aromatic carbocycles. The molecule has 0 aliphatic carbocycles. The van der Waals surface area contributed by atoms with Gasteiger partial charge in [-0.1, -0.05) is 11.6 Å².